The Labute approximate surface area is 137 Å². The number of hydrogen-bond acceptors (Lipinski definition) is 1. The molecule has 0 spiro atoms. The van der Waals surface area contributed by atoms with E-state index in [1.165, 1.54) is 37.7 Å². The normalized spacial score (nSPS) is 38.7. The lowest BCUT2D eigenvalue weighted by Crippen LogP contribution is -2.52. The van der Waals surface area contributed by atoms with E-state index in [2.05, 4.69) is 6.07 Å². The molecule has 5 rings (SSSR count). The monoisotopic (exact) mass is 323 g/mol. The van der Waals surface area contributed by atoms with Gasteiger partial charge in [-0.05, 0) is 85.8 Å². The summed E-state index contributed by atoms with van der Waals surface area (Å²) in [6.45, 7) is 0. The molecule has 0 heterocycles. The van der Waals surface area contributed by atoms with Gasteiger partial charge in [-0.25, -0.2) is 0 Å². The summed E-state index contributed by atoms with van der Waals surface area (Å²) in [5.74, 6) is 4.53. The predicted molar refractivity (Wildman–Crippen MR) is 88.7 cm³/mol. The number of nitrogens with two attached hydrogens (primary N) is 1. The van der Waals surface area contributed by atoms with Gasteiger partial charge in [-0.3, -0.25) is 0 Å². The average Bonchev–Trinajstić information content (AvgIpc) is 2.41. The van der Waals surface area contributed by atoms with Gasteiger partial charge in [-0.1, -0.05) is 29.3 Å². The third kappa shape index (κ3) is 2.62. The first kappa shape index (κ1) is 14.4. The van der Waals surface area contributed by atoms with Gasteiger partial charge in [0.2, 0.25) is 0 Å². The van der Waals surface area contributed by atoms with Crippen LogP contribution in [-0.2, 0) is 6.42 Å². The summed E-state index contributed by atoms with van der Waals surface area (Å²) in [6, 6.07) is 6.23. The zero-order chi connectivity index (χ0) is 14.6. The summed E-state index contributed by atoms with van der Waals surface area (Å²) in [5, 5.41) is 1.27. The van der Waals surface area contributed by atoms with Crippen molar-refractivity contribution in [2.45, 2.75) is 44.6 Å². The average molecular weight is 324 g/mol. The lowest BCUT2D eigenvalue weighted by molar-refractivity contribution is -0.0464. The van der Waals surface area contributed by atoms with Gasteiger partial charge in [0.05, 0.1) is 10.0 Å². The highest BCUT2D eigenvalue weighted by molar-refractivity contribution is 6.42. The summed E-state index contributed by atoms with van der Waals surface area (Å²) >= 11 is 12.1. The molecule has 114 valence electrons. The molecule has 4 aliphatic carbocycles. The maximum absolute atomic E-state index is 6.64. The highest BCUT2D eigenvalue weighted by atomic mass is 35.5. The third-order valence-electron chi connectivity index (χ3n) is 6.25. The minimum atomic E-state index is 0.275. The molecule has 2 N–H and O–H groups in total. The number of benzene rings is 1. The van der Waals surface area contributed by atoms with Gasteiger partial charge in [-0.2, -0.15) is 0 Å². The van der Waals surface area contributed by atoms with Crippen molar-refractivity contribution in [1.29, 1.82) is 0 Å². The fraction of sp³-hybridized carbons (Fsp3) is 0.667. The lowest BCUT2D eigenvalue weighted by Gasteiger charge is -2.56. The van der Waals surface area contributed by atoms with Crippen LogP contribution in [0.15, 0.2) is 18.2 Å². The Hall–Kier alpha value is -0.240. The van der Waals surface area contributed by atoms with Gasteiger partial charge < -0.3 is 5.73 Å². The first-order valence-corrected chi connectivity index (χ1v) is 9.05. The van der Waals surface area contributed by atoms with Crippen molar-refractivity contribution in [2.24, 2.45) is 35.3 Å². The van der Waals surface area contributed by atoms with Crippen LogP contribution in [0.4, 0.5) is 0 Å². The molecule has 1 aromatic carbocycles. The van der Waals surface area contributed by atoms with Crippen molar-refractivity contribution in [1.82, 2.24) is 0 Å². The Morgan fingerprint density at radius 2 is 1.57 bits per heavy atom. The molecule has 1 unspecified atom stereocenters. The molecule has 1 aromatic rings. The van der Waals surface area contributed by atoms with E-state index in [-0.39, 0.29) is 6.04 Å². The maximum atomic E-state index is 6.64. The van der Waals surface area contributed by atoms with Crippen molar-refractivity contribution in [2.75, 3.05) is 0 Å². The molecular weight excluding hydrogens is 301 g/mol. The minimum absolute atomic E-state index is 0.275. The van der Waals surface area contributed by atoms with Crippen molar-refractivity contribution in [3.05, 3.63) is 33.8 Å². The van der Waals surface area contributed by atoms with E-state index in [0.717, 1.165) is 36.0 Å². The quantitative estimate of drug-likeness (QED) is 0.838. The molecule has 0 aliphatic heterocycles. The molecule has 4 saturated carbocycles. The number of halogens is 2. The van der Waals surface area contributed by atoms with Gasteiger partial charge in [-0.15, -0.1) is 0 Å². The SMILES string of the molecule is NC(Cc1ccc(Cl)c(Cl)c1)C1C2CC3CC(C2)CC1C3. The molecule has 1 atom stereocenters. The molecule has 0 amide bonds. The lowest BCUT2D eigenvalue weighted by atomic mass is 9.50. The van der Waals surface area contributed by atoms with E-state index in [4.69, 9.17) is 28.9 Å². The molecular formula is C18H23Cl2N. The van der Waals surface area contributed by atoms with Crippen LogP contribution in [0.1, 0.15) is 37.7 Å². The van der Waals surface area contributed by atoms with Crippen LogP contribution in [0.2, 0.25) is 10.0 Å². The van der Waals surface area contributed by atoms with Crippen LogP contribution in [-0.4, -0.2) is 6.04 Å². The molecule has 0 aromatic heterocycles. The summed E-state index contributed by atoms with van der Waals surface area (Å²) in [7, 11) is 0. The number of rotatable bonds is 3. The fourth-order valence-electron chi connectivity index (χ4n) is 5.74. The second kappa shape index (κ2) is 5.44. The van der Waals surface area contributed by atoms with Crippen molar-refractivity contribution >= 4 is 23.2 Å². The molecule has 1 nitrogen and oxygen atoms in total. The van der Waals surface area contributed by atoms with Crippen molar-refractivity contribution in [3.8, 4) is 0 Å². The largest absolute Gasteiger partial charge is 0.327 e. The second-order valence-corrected chi connectivity index (χ2v) is 8.44. The summed E-state index contributed by atoms with van der Waals surface area (Å²) in [4.78, 5) is 0. The molecule has 0 radical (unpaired) electrons. The minimum Gasteiger partial charge on any atom is -0.327 e. The van der Waals surface area contributed by atoms with Crippen LogP contribution >= 0.6 is 23.2 Å². The Morgan fingerprint density at radius 1 is 0.952 bits per heavy atom. The molecule has 4 aliphatic rings. The van der Waals surface area contributed by atoms with Crippen LogP contribution in [0.25, 0.3) is 0 Å². The summed E-state index contributed by atoms with van der Waals surface area (Å²) in [5.41, 5.74) is 7.87. The Kier molecular flexibility index (Phi) is 3.72. The fourth-order valence-corrected chi connectivity index (χ4v) is 6.06. The van der Waals surface area contributed by atoms with Crippen molar-refractivity contribution in [3.63, 3.8) is 0 Å². The second-order valence-electron chi connectivity index (χ2n) is 7.62. The van der Waals surface area contributed by atoms with E-state index < -0.39 is 0 Å². The van der Waals surface area contributed by atoms with Crippen LogP contribution in [0, 0.1) is 29.6 Å². The molecule has 3 heteroatoms. The van der Waals surface area contributed by atoms with Crippen LogP contribution in [0.5, 0.6) is 0 Å². The highest BCUT2D eigenvalue weighted by Crippen LogP contribution is 2.57. The third-order valence-corrected chi connectivity index (χ3v) is 6.99. The van der Waals surface area contributed by atoms with E-state index in [9.17, 15) is 0 Å². The Morgan fingerprint density at radius 3 is 2.14 bits per heavy atom. The van der Waals surface area contributed by atoms with Crippen LogP contribution in [0.3, 0.4) is 0 Å². The number of hydrogen-bond donors (Lipinski definition) is 1. The van der Waals surface area contributed by atoms with E-state index >= 15 is 0 Å². The summed E-state index contributed by atoms with van der Waals surface area (Å²) < 4.78 is 0. The summed E-state index contributed by atoms with van der Waals surface area (Å²) in [6.07, 6.45) is 8.19. The first-order valence-electron chi connectivity index (χ1n) is 8.29. The zero-order valence-corrected chi connectivity index (χ0v) is 13.8. The maximum Gasteiger partial charge on any atom is 0.0595 e. The topological polar surface area (TPSA) is 26.0 Å². The Bertz CT molecular complexity index is 514. The van der Waals surface area contributed by atoms with E-state index in [1.807, 2.05) is 12.1 Å². The van der Waals surface area contributed by atoms with Gasteiger partial charge >= 0.3 is 0 Å². The predicted octanol–water partition coefficient (Wildman–Crippen LogP) is 4.94. The van der Waals surface area contributed by atoms with Gasteiger partial charge in [0.15, 0.2) is 0 Å². The molecule has 4 bridgehead atoms. The van der Waals surface area contributed by atoms with Crippen LogP contribution < -0.4 is 5.73 Å². The van der Waals surface area contributed by atoms with Gasteiger partial charge in [0.25, 0.3) is 0 Å². The van der Waals surface area contributed by atoms with E-state index in [0.29, 0.717) is 10.0 Å². The van der Waals surface area contributed by atoms with Gasteiger partial charge in [0.1, 0.15) is 0 Å². The first-order chi connectivity index (χ1) is 10.1. The molecule has 4 fully saturated rings. The highest BCUT2D eigenvalue weighted by Gasteiger charge is 2.49. The van der Waals surface area contributed by atoms with Crippen molar-refractivity contribution < 1.29 is 0 Å². The Balaban J connectivity index is 1.49. The zero-order valence-electron chi connectivity index (χ0n) is 12.3. The molecule has 21 heavy (non-hydrogen) atoms. The molecule has 0 saturated heterocycles. The van der Waals surface area contributed by atoms with E-state index in [1.54, 1.807) is 0 Å². The van der Waals surface area contributed by atoms with Gasteiger partial charge in [0, 0.05) is 6.04 Å². The standard InChI is InChI=1S/C18H23Cl2N/c19-15-2-1-10(8-16(15)20)9-17(21)18-13-4-11-3-12(6-13)7-14(18)5-11/h1-2,8,11-14,17-18H,3-7,9,21H2. The smallest absolute Gasteiger partial charge is 0.0595 e.